The zero-order valence-corrected chi connectivity index (χ0v) is 11.1. The van der Waals surface area contributed by atoms with Crippen molar-refractivity contribution in [2.45, 2.75) is 31.7 Å². The van der Waals surface area contributed by atoms with Crippen molar-refractivity contribution >= 4 is 22.4 Å². The molecule has 1 aromatic rings. The zero-order valence-electron chi connectivity index (χ0n) is 10.3. The van der Waals surface area contributed by atoms with Gasteiger partial charge in [-0.05, 0) is 44.5 Å². The number of rotatable bonds is 4. The molecule has 0 aliphatic rings. The van der Waals surface area contributed by atoms with Crippen molar-refractivity contribution < 1.29 is 9.00 Å². The van der Waals surface area contributed by atoms with E-state index >= 15 is 0 Å². The highest BCUT2D eigenvalue weighted by molar-refractivity contribution is 7.85. The van der Waals surface area contributed by atoms with E-state index in [0.29, 0.717) is 10.6 Å². The second kappa shape index (κ2) is 5.82. The Kier molecular flexibility index (Phi) is 4.69. The van der Waals surface area contributed by atoms with Crippen LogP contribution in [0.4, 0.5) is 5.69 Å². The first kappa shape index (κ1) is 13.7. The number of amides is 1. The number of nitrogen functional groups attached to an aromatic ring is 1. The monoisotopic (exact) mass is 254 g/mol. The molecule has 0 heterocycles. The lowest BCUT2D eigenvalue weighted by Crippen LogP contribution is -2.33. The van der Waals surface area contributed by atoms with Gasteiger partial charge in [0.25, 0.3) is 0 Å². The van der Waals surface area contributed by atoms with Gasteiger partial charge < -0.3 is 11.1 Å². The van der Waals surface area contributed by atoms with E-state index in [-0.39, 0.29) is 17.7 Å². The van der Waals surface area contributed by atoms with Gasteiger partial charge in [-0.1, -0.05) is 0 Å². The number of nitrogens with one attached hydrogen (secondary N) is 1. The van der Waals surface area contributed by atoms with Crippen molar-refractivity contribution in [3.05, 3.63) is 23.8 Å². The minimum Gasteiger partial charge on any atom is -0.399 e. The fraction of sp³-hybridized carbons (Fsp3) is 0.417. The molecule has 0 aliphatic carbocycles. The molecule has 94 valence electrons. The van der Waals surface area contributed by atoms with Crippen molar-refractivity contribution in [2.75, 3.05) is 11.5 Å². The Morgan fingerprint density at radius 2 is 2.12 bits per heavy atom. The molecule has 0 saturated carbocycles. The fourth-order valence-corrected chi connectivity index (χ4v) is 2.37. The van der Waals surface area contributed by atoms with E-state index in [1.807, 2.05) is 20.8 Å². The van der Waals surface area contributed by atoms with E-state index in [4.69, 9.17) is 5.73 Å². The van der Waals surface area contributed by atoms with Gasteiger partial charge in [-0.15, -0.1) is 0 Å². The number of aryl methyl sites for hydroxylation is 1. The molecule has 0 fully saturated rings. The maximum atomic E-state index is 11.9. The quantitative estimate of drug-likeness (QED) is 0.793. The van der Waals surface area contributed by atoms with E-state index in [1.165, 1.54) is 0 Å². The van der Waals surface area contributed by atoms with E-state index in [9.17, 15) is 9.00 Å². The third kappa shape index (κ3) is 4.19. The van der Waals surface area contributed by atoms with Crippen LogP contribution < -0.4 is 11.1 Å². The summed E-state index contributed by atoms with van der Waals surface area (Å²) in [5.41, 5.74) is 7.22. The van der Waals surface area contributed by atoms with E-state index in [0.717, 1.165) is 5.56 Å². The van der Waals surface area contributed by atoms with Gasteiger partial charge in [0.1, 0.15) is 5.75 Å². The second-order valence-electron chi connectivity index (χ2n) is 4.23. The average molecular weight is 254 g/mol. The molecule has 17 heavy (non-hydrogen) atoms. The molecule has 0 saturated heterocycles. The van der Waals surface area contributed by atoms with Crippen molar-refractivity contribution in [1.82, 2.24) is 5.32 Å². The van der Waals surface area contributed by atoms with Crippen molar-refractivity contribution in [3.63, 3.8) is 0 Å². The van der Waals surface area contributed by atoms with Gasteiger partial charge >= 0.3 is 0 Å². The fourth-order valence-electron chi connectivity index (χ4n) is 1.36. The van der Waals surface area contributed by atoms with Crippen LogP contribution in [0.3, 0.4) is 0 Å². The molecule has 3 N–H and O–H groups in total. The Bertz CT molecular complexity index is 444. The van der Waals surface area contributed by atoms with Crippen LogP contribution in [-0.4, -0.2) is 21.9 Å². The van der Waals surface area contributed by atoms with Crippen molar-refractivity contribution in [2.24, 2.45) is 0 Å². The van der Waals surface area contributed by atoms with Crippen LogP contribution in [0, 0.1) is 6.92 Å². The molecule has 1 atom stereocenters. The second-order valence-corrected chi connectivity index (χ2v) is 5.68. The lowest BCUT2D eigenvalue weighted by Gasteiger charge is -2.08. The van der Waals surface area contributed by atoms with Crippen LogP contribution in [0.2, 0.25) is 0 Å². The summed E-state index contributed by atoms with van der Waals surface area (Å²) in [5.74, 6) is -0.213. The normalized spacial score (nSPS) is 12.5. The van der Waals surface area contributed by atoms with Crippen LogP contribution in [0.25, 0.3) is 0 Å². The molecule has 1 rings (SSSR count). The summed E-state index contributed by atoms with van der Waals surface area (Å²) in [6, 6.07) is 5.23. The summed E-state index contributed by atoms with van der Waals surface area (Å²) in [6.07, 6.45) is 0. The zero-order chi connectivity index (χ0) is 13.0. The number of anilines is 1. The van der Waals surface area contributed by atoms with Gasteiger partial charge in [-0.2, -0.15) is 0 Å². The summed E-state index contributed by atoms with van der Waals surface area (Å²) >= 11 is 0. The molecule has 1 unspecified atom stereocenters. The predicted octanol–water partition coefficient (Wildman–Crippen LogP) is 1.21. The number of carbonyl (C=O) groups is 1. The SMILES string of the molecule is Cc1cc(S(=O)CC(=O)NC(C)C)ccc1N. The first-order valence-electron chi connectivity index (χ1n) is 5.44. The van der Waals surface area contributed by atoms with Crippen LogP contribution in [0.5, 0.6) is 0 Å². The largest absolute Gasteiger partial charge is 0.399 e. The number of carbonyl (C=O) groups excluding carboxylic acids is 1. The summed E-state index contributed by atoms with van der Waals surface area (Å²) in [6.45, 7) is 5.59. The van der Waals surface area contributed by atoms with Crippen LogP contribution in [0.15, 0.2) is 23.1 Å². The topological polar surface area (TPSA) is 72.2 Å². The smallest absolute Gasteiger partial charge is 0.233 e. The predicted molar refractivity (Wildman–Crippen MR) is 70.1 cm³/mol. The Hall–Kier alpha value is -1.36. The lowest BCUT2D eigenvalue weighted by molar-refractivity contribution is -0.119. The molecule has 0 bridgehead atoms. The van der Waals surface area contributed by atoms with Gasteiger partial charge in [0.15, 0.2) is 0 Å². The molecule has 4 nitrogen and oxygen atoms in total. The number of benzene rings is 1. The van der Waals surface area contributed by atoms with Crippen LogP contribution >= 0.6 is 0 Å². The third-order valence-corrected chi connectivity index (χ3v) is 3.52. The molecular formula is C12H18N2O2S. The minimum atomic E-state index is -1.32. The van der Waals surface area contributed by atoms with Crippen molar-refractivity contribution in [3.8, 4) is 0 Å². The number of hydrogen-bond acceptors (Lipinski definition) is 3. The highest BCUT2D eigenvalue weighted by Gasteiger charge is 2.11. The molecule has 0 aromatic heterocycles. The summed E-state index contributed by atoms with van der Waals surface area (Å²) in [4.78, 5) is 12.1. The Morgan fingerprint density at radius 1 is 1.47 bits per heavy atom. The lowest BCUT2D eigenvalue weighted by atomic mass is 10.2. The molecule has 0 spiro atoms. The van der Waals surface area contributed by atoms with E-state index < -0.39 is 10.8 Å². The first-order chi connectivity index (χ1) is 7.90. The Labute approximate surface area is 104 Å². The molecule has 0 radical (unpaired) electrons. The summed E-state index contributed by atoms with van der Waals surface area (Å²) < 4.78 is 11.9. The van der Waals surface area contributed by atoms with E-state index in [1.54, 1.807) is 18.2 Å². The van der Waals surface area contributed by atoms with Crippen molar-refractivity contribution in [1.29, 1.82) is 0 Å². The molecular weight excluding hydrogens is 236 g/mol. The third-order valence-electron chi connectivity index (χ3n) is 2.22. The average Bonchev–Trinajstić information content (AvgIpc) is 2.20. The number of nitrogens with two attached hydrogens (primary N) is 1. The highest BCUT2D eigenvalue weighted by Crippen LogP contribution is 2.15. The molecule has 1 amide bonds. The first-order valence-corrected chi connectivity index (χ1v) is 6.76. The Morgan fingerprint density at radius 3 is 2.65 bits per heavy atom. The van der Waals surface area contributed by atoms with Gasteiger partial charge in [0, 0.05) is 16.6 Å². The highest BCUT2D eigenvalue weighted by atomic mass is 32.2. The minimum absolute atomic E-state index is 0.0124. The maximum Gasteiger partial charge on any atom is 0.233 e. The summed E-state index contributed by atoms with van der Waals surface area (Å²) in [5, 5.41) is 2.71. The standard InChI is InChI=1S/C12H18N2O2S/c1-8(2)14-12(15)7-17(16)10-4-5-11(13)9(3)6-10/h4-6,8H,7,13H2,1-3H3,(H,14,15). The maximum absolute atomic E-state index is 11.9. The van der Waals surface area contributed by atoms with Crippen LogP contribution in [-0.2, 0) is 15.6 Å². The Balaban J connectivity index is 2.70. The molecule has 5 heteroatoms. The van der Waals surface area contributed by atoms with Gasteiger partial charge in [-0.25, -0.2) is 0 Å². The van der Waals surface area contributed by atoms with E-state index in [2.05, 4.69) is 5.32 Å². The van der Waals surface area contributed by atoms with Gasteiger partial charge in [-0.3, -0.25) is 9.00 Å². The molecule has 1 aromatic carbocycles. The van der Waals surface area contributed by atoms with Gasteiger partial charge in [0.2, 0.25) is 5.91 Å². The summed E-state index contributed by atoms with van der Waals surface area (Å²) in [7, 11) is -1.32. The van der Waals surface area contributed by atoms with Crippen LogP contribution in [0.1, 0.15) is 19.4 Å². The molecule has 0 aliphatic heterocycles. The number of hydrogen-bond donors (Lipinski definition) is 2. The van der Waals surface area contributed by atoms with Gasteiger partial charge in [0.05, 0.1) is 10.8 Å².